The lowest BCUT2D eigenvalue weighted by atomic mass is 9.98. The molecule has 0 amide bonds. The molecule has 0 bridgehead atoms. The predicted octanol–water partition coefficient (Wildman–Crippen LogP) is 8.91. The van der Waals surface area contributed by atoms with Gasteiger partial charge in [0.2, 0.25) is 0 Å². The highest BCUT2D eigenvalue weighted by Crippen LogP contribution is 2.48. The molecule has 0 saturated carbocycles. The average molecular weight is 555 g/mol. The van der Waals surface area contributed by atoms with Crippen molar-refractivity contribution in [1.82, 2.24) is 9.29 Å². The van der Waals surface area contributed by atoms with Crippen LogP contribution in [0.2, 0.25) is 0 Å². The van der Waals surface area contributed by atoms with E-state index in [4.69, 9.17) is 0 Å². The van der Waals surface area contributed by atoms with Crippen molar-refractivity contribution < 1.29 is 4.21 Å². The van der Waals surface area contributed by atoms with Crippen LogP contribution in [0.25, 0.3) is 53.6 Å². The van der Waals surface area contributed by atoms with E-state index < -0.39 is 10.1 Å². The number of fused-ring (bicyclic) bond motifs is 9. The first-order valence-corrected chi connectivity index (χ1v) is 15.9. The fourth-order valence-corrected chi connectivity index (χ4v) is 9.99. The number of nitrogens with zero attached hydrogens (tertiary/aromatic N) is 1. The highest BCUT2D eigenvalue weighted by molar-refractivity contribution is 8.01. The molecule has 40 heavy (non-hydrogen) atoms. The van der Waals surface area contributed by atoms with E-state index in [0.29, 0.717) is 0 Å². The van der Waals surface area contributed by atoms with Gasteiger partial charge in [-0.1, -0.05) is 85.4 Å². The van der Waals surface area contributed by atoms with Crippen LogP contribution in [0.4, 0.5) is 0 Å². The van der Waals surface area contributed by atoms with Crippen LogP contribution < -0.4 is 4.72 Å². The summed E-state index contributed by atoms with van der Waals surface area (Å²) in [6.07, 6.45) is 3.91. The van der Waals surface area contributed by atoms with E-state index in [-0.39, 0.29) is 0 Å². The first-order valence-electron chi connectivity index (χ1n) is 13.3. The normalized spacial score (nSPS) is 15.2. The summed E-state index contributed by atoms with van der Waals surface area (Å²) < 4.78 is 22.8. The van der Waals surface area contributed by atoms with Gasteiger partial charge in [0.1, 0.15) is 0 Å². The molecule has 3 nitrogen and oxygen atoms in total. The Morgan fingerprint density at radius 1 is 0.800 bits per heavy atom. The van der Waals surface area contributed by atoms with Gasteiger partial charge in [0, 0.05) is 58.2 Å². The SMILES string of the molecule is C=Cc1c(C)c2c3ccccc3c3c4ccccc4sc3c2n1C1=CN[SH](=O)(c2ccccc2)c2ccccc21. The molecule has 0 saturated heterocycles. The Morgan fingerprint density at radius 2 is 1.45 bits per heavy atom. The van der Waals surface area contributed by atoms with Crippen LogP contribution in [-0.2, 0) is 10.1 Å². The number of nitrogens with one attached hydrogen (secondary N) is 1. The molecule has 0 aliphatic carbocycles. The molecular formula is C35H26N2OS2. The molecule has 7 aromatic rings. The van der Waals surface area contributed by atoms with Crippen LogP contribution >= 0.6 is 11.3 Å². The van der Waals surface area contributed by atoms with Gasteiger partial charge < -0.3 is 9.29 Å². The van der Waals surface area contributed by atoms with Gasteiger partial charge in [-0.15, -0.1) is 11.3 Å². The topological polar surface area (TPSA) is 34.0 Å². The summed E-state index contributed by atoms with van der Waals surface area (Å²) >= 11 is 1.84. The average Bonchev–Trinajstić information content (AvgIpc) is 3.53. The van der Waals surface area contributed by atoms with Crippen LogP contribution in [0.3, 0.4) is 0 Å². The van der Waals surface area contributed by atoms with Gasteiger partial charge in [0.05, 0.1) is 15.9 Å². The van der Waals surface area contributed by atoms with Crippen molar-refractivity contribution in [2.24, 2.45) is 0 Å². The maximum atomic E-state index is 14.6. The fraction of sp³-hybridized carbons (Fsp3) is 0.0286. The van der Waals surface area contributed by atoms with E-state index in [0.717, 1.165) is 26.7 Å². The van der Waals surface area contributed by atoms with Crippen molar-refractivity contribution in [3.05, 3.63) is 133 Å². The van der Waals surface area contributed by atoms with Crippen molar-refractivity contribution in [2.45, 2.75) is 16.7 Å². The summed E-state index contributed by atoms with van der Waals surface area (Å²) in [5, 5.41) is 6.30. The molecule has 8 rings (SSSR count). The third kappa shape index (κ3) is 3.02. The quantitative estimate of drug-likeness (QED) is 0.210. The molecular weight excluding hydrogens is 529 g/mol. The van der Waals surface area contributed by atoms with Crippen LogP contribution in [-0.4, -0.2) is 8.78 Å². The molecule has 0 spiro atoms. The van der Waals surface area contributed by atoms with Crippen LogP contribution in [0.5, 0.6) is 0 Å². The Morgan fingerprint density at radius 3 is 2.23 bits per heavy atom. The van der Waals surface area contributed by atoms with E-state index in [1.807, 2.05) is 72.1 Å². The van der Waals surface area contributed by atoms with Crippen LogP contribution in [0, 0.1) is 6.92 Å². The molecule has 1 N–H and O–H groups in total. The van der Waals surface area contributed by atoms with E-state index in [9.17, 15) is 4.21 Å². The Balaban J connectivity index is 1.54. The Bertz CT molecular complexity index is 2250. The standard InChI is InChI=1S/C35H26N2OS2/c1-3-28-22(2)32-24-15-7-8-16-25(24)33-27-18-9-11-19-30(27)39-35(33)34(32)37(28)29-21-36-40(38,23-13-5-4-6-14-23)31-20-12-10-17-26(29)31/h3-21,40H,1H2,2H3,(H,36,38). The number of hydrogen-bond acceptors (Lipinski definition) is 2. The van der Waals surface area contributed by atoms with Gasteiger partial charge in [-0.2, -0.15) is 0 Å². The highest BCUT2D eigenvalue weighted by atomic mass is 32.3. The maximum absolute atomic E-state index is 14.6. The number of thiol groups is 1. The van der Waals surface area contributed by atoms with Crippen molar-refractivity contribution in [1.29, 1.82) is 0 Å². The fourth-order valence-electron chi connectivity index (χ4n) is 6.44. The number of thiophene rings is 1. The number of aromatic nitrogens is 1. The summed E-state index contributed by atoms with van der Waals surface area (Å²) in [5.74, 6) is 0. The number of rotatable bonds is 3. The van der Waals surface area contributed by atoms with Crippen LogP contribution in [0.15, 0.2) is 126 Å². The summed E-state index contributed by atoms with van der Waals surface area (Å²) in [5.41, 5.74) is 5.35. The lowest BCUT2D eigenvalue weighted by Gasteiger charge is -2.33. The first-order chi connectivity index (χ1) is 19.6. The van der Waals surface area contributed by atoms with Gasteiger partial charge >= 0.3 is 0 Å². The molecule has 0 fully saturated rings. The second-order valence-corrected chi connectivity index (χ2v) is 13.8. The molecule has 1 aliphatic rings. The first kappa shape index (κ1) is 23.4. The summed E-state index contributed by atoms with van der Waals surface area (Å²) in [6.45, 7) is 6.45. The largest absolute Gasteiger partial charge is 0.325 e. The Labute approximate surface area is 237 Å². The number of aryl methyl sites for hydroxylation is 1. The highest BCUT2D eigenvalue weighted by Gasteiger charge is 2.31. The summed E-state index contributed by atoms with van der Waals surface area (Å²) in [7, 11) is -3.06. The summed E-state index contributed by atoms with van der Waals surface area (Å²) in [4.78, 5) is 1.62. The molecule has 0 atom stereocenters. The second kappa shape index (κ2) is 8.52. The van der Waals surface area contributed by atoms with E-state index >= 15 is 0 Å². The van der Waals surface area contributed by atoms with Gasteiger partial charge in [-0.25, -0.2) is 0 Å². The summed E-state index contributed by atoms with van der Waals surface area (Å²) in [6, 6.07) is 35.2. The van der Waals surface area contributed by atoms with Crippen molar-refractivity contribution in [3.8, 4) is 0 Å². The predicted molar refractivity (Wildman–Crippen MR) is 173 cm³/mol. The molecule has 5 aromatic carbocycles. The number of hydrogen-bond donors (Lipinski definition) is 2. The third-order valence-electron chi connectivity index (χ3n) is 8.19. The Kier molecular flexibility index (Phi) is 4.99. The zero-order valence-corrected chi connectivity index (χ0v) is 23.6. The Hall–Kier alpha value is -4.45. The lowest BCUT2D eigenvalue weighted by Crippen LogP contribution is -2.32. The van der Waals surface area contributed by atoms with E-state index in [1.54, 1.807) is 0 Å². The van der Waals surface area contributed by atoms with E-state index in [1.165, 1.54) is 47.4 Å². The van der Waals surface area contributed by atoms with Crippen molar-refractivity contribution in [2.75, 3.05) is 0 Å². The molecule has 194 valence electrons. The van der Waals surface area contributed by atoms with Gasteiger partial charge in [-0.05, 0) is 53.6 Å². The maximum Gasteiger partial charge on any atom is 0.0723 e. The molecule has 3 heterocycles. The molecule has 0 unspecified atom stereocenters. The van der Waals surface area contributed by atoms with Crippen LogP contribution in [0.1, 0.15) is 16.8 Å². The smallest absolute Gasteiger partial charge is 0.0723 e. The molecule has 2 aromatic heterocycles. The van der Waals surface area contributed by atoms with Crippen molar-refractivity contribution >= 4 is 75.1 Å². The molecule has 0 radical (unpaired) electrons. The molecule has 5 heteroatoms. The van der Waals surface area contributed by atoms with Gasteiger partial charge in [0.15, 0.2) is 0 Å². The minimum atomic E-state index is -3.06. The van der Waals surface area contributed by atoms with E-state index in [2.05, 4.69) is 77.4 Å². The van der Waals surface area contributed by atoms with Gasteiger partial charge in [0.25, 0.3) is 0 Å². The lowest BCUT2D eigenvalue weighted by molar-refractivity contribution is 0.664. The number of benzene rings is 5. The zero-order valence-electron chi connectivity index (χ0n) is 21.9. The monoisotopic (exact) mass is 554 g/mol. The van der Waals surface area contributed by atoms with Gasteiger partial charge in [-0.3, -0.25) is 4.21 Å². The van der Waals surface area contributed by atoms with Crippen molar-refractivity contribution in [3.63, 3.8) is 0 Å². The third-order valence-corrected chi connectivity index (χ3v) is 12.0. The minimum absolute atomic E-state index is 0.799. The minimum Gasteiger partial charge on any atom is -0.325 e. The second-order valence-electron chi connectivity index (χ2n) is 10.2. The zero-order chi connectivity index (χ0) is 27.0. The molecule has 1 aliphatic heterocycles.